The van der Waals surface area contributed by atoms with Gasteiger partial charge in [-0.3, -0.25) is 14.5 Å². The molecule has 2 heterocycles. The molecule has 1 fully saturated rings. The van der Waals surface area contributed by atoms with Gasteiger partial charge in [-0.1, -0.05) is 50.2 Å². The Morgan fingerprint density at radius 3 is 2.48 bits per heavy atom. The van der Waals surface area contributed by atoms with E-state index in [4.69, 9.17) is 0 Å². The van der Waals surface area contributed by atoms with Gasteiger partial charge < -0.3 is 15.2 Å². The number of hydrogen-bond acceptors (Lipinski definition) is 3. The molecule has 0 aliphatic carbocycles. The largest absolute Gasteiger partial charge is 0.351 e. The van der Waals surface area contributed by atoms with Gasteiger partial charge in [0.15, 0.2) is 0 Å². The summed E-state index contributed by atoms with van der Waals surface area (Å²) in [6.45, 7) is 9.22. The summed E-state index contributed by atoms with van der Waals surface area (Å²) in [5.74, 6) is 0.350. The number of piperazine rings is 1. The Balaban J connectivity index is 1.33. The molecule has 1 aliphatic rings. The third-order valence-corrected chi connectivity index (χ3v) is 5.98. The number of nitrogens with zero attached hydrogens (tertiary/aromatic N) is 2. The second-order valence-corrected chi connectivity index (χ2v) is 8.58. The summed E-state index contributed by atoms with van der Waals surface area (Å²) in [6.07, 6.45) is 0. The molecule has 4 rings (SSSR count). The number of aromatic amines is 1. The molecule has 2 aromatic carbocycles. The fraction of sp³-hybridized carbons (Fsp3) is 0.360. The molecule has 2 amide bonds. The first-order valence-electron chi connectivity index (χ1n) is 10.9. The number of aryl methyl sites for hydroxylation is 1. The van der Waals surface area contributed by atoms with Crippen molar-refractivity contribution in [3.63, 3.8) is 0 Å². The fourth-order valence-electron chi connectivity index (χ4n) is 4.19. The van der Waals surface area contributed by atoms with Crippen LogP contribution in [0.5, 0.6) is 0 Å². The van der Waals surface area contributed by atoms with E-state index in [1.54, 1.807) is 0 Å². The van der Waals surface area contributed by atoms with Crippen LogP contribution in [0.15, 0.2) is 48.5 Å². The van der Waals surface area contributed by atoms with Crippen LogP contribution in [-0.2, 0) is 4.79 Å². The first kappa shape index (κ1) is 21.1. The highest BCUT2D eigenvalue weighted by Gasteiger charge is 2.24. The van der Waals surface area contributed by atoms with Crippen molar-refractivity contribution in [3.05, 3.63) is 65.4 Å². The molecule has 0 saturated carbocycles. The van der Waals surface area contributed by atoms with Crippen molar-refractivity contribution in [2.75, 3.05) is 38.0 Å². The number of amides is 2. The number of aromatic nitrogens is 1. The van der Waals surface area contributed by atoms with Gasteiger partial charge in [-0.2, -0.15) is 0 Å². The second kappa shape index (κ2) is 8.94. The van der Waals surface area contributed by atoms with Crippen LogP contribution in [-0.4, -0.2) is 59.3 Å². The topological polar surface area (TPSA) is 68.4 Å². The number of benzene rings is 2. The van der Waals surface area contributed by atoms with E-state index in [0.717, 1.165) is 27.7 Å². The average molecular weight is 419 g/mol. The van der Waals surface area contributed by atoms with E-state index in [9.17, 15) is 9.59 Å². The maximum Gasteiger partial charge on any atom is 0.270 e. The molecule has 0 radical (unpaired) electrons. The van der Waals surface area contributed by atoms with Crippen molar-refractivity contribution in [2.24, 2.45) is 0 Å². The molecule has 6 nitrogen and oxygen atoms in total. The number of fused-ring (bicyclic) bond motifs is 1. The monoisotopic (exact) mass is 418 g/mol. The van der Waals surface area contributed by atoms with Crippen molar-refractivity contribution in [1.29, 1.82) is 0 Å². The molecule has 31 heavy (non-hydrogen) atoms. The summed E-state index contributed by atoms with van der Waals surface area (Å²) in [6, 6.07) is 15.9. The molecule has 2 N–H and O–H groups in total. The third-order valence-electron chi connectivity index (χ3n) is 5.98. The van der Waals surface area contributed by atoms with Gasteiger partial charge in [0.05, 0.1) is 6.54 Å². The molecule has 3 aromatic rings. The Morgan fingerprint density at radius 1 is 1.03 bits per heavy atom. The van der Waals surface area contributed by atoms with Crippen LogP contribution in [0.1, 0.15) is 41.4 Å². The molecule has 162 valence electrons. The highest BCUT2D eigenvalue weighted by atomic mass is 16.2. The number of rotatable bonds is 5. The van der Waals surface area contributed by atoms with Gasteiger partial charge in [0.25, 0.3) is 5.91 Å². The van der Waals surface area contributed by atoms with E-state index >= 15 is 0 Å². The lowest BCUT2D eigenvalue weighted by atomic mass is 9.98. The number of para-hydroxylation sites is 2. The summed E-state index contributed by atoms with van der Waals surface area (Å²) in [5, 5.41) is 4.16. The SMILES string of the molecule is Cc1cccc(C(C)C)c1NC(=O)CN1CCN(C(=O)c2cc3ccccc3[nH]2)CC1. The van der Waals surface area contributed by atoms with Gasteiger partial charge in [-0.05, 0) is 36.1 Å². The minimum atomic E-state index is -0.00778. The lowest BCUT2D eigenvalue weighted by Gasteiger charge is -2.34. The van der Waals surface area contributed by atoms with Gasteiger partial charge in [-0.15, -0.1) is 0 Å². The first-order chi connectivity index (χ1) is 14.9. The van der Waals surface area contributed by atoms with Crippen LogP contribution < -0.4 is 5.32 Å². The summed E-state index contributed by atoms with van der Waals surface area (Å²) in [7, 11) is 0. The molecule has 0 unspecified atom stereocenters. The zero-order valence-corrected chi connectivity index (χ0v) is 18.4. The van der Waals surface area contributed by atoms with Crippen molar-refractivity contribution in [3.8, 4) is 0 Å². The van der Waals surface area contributed by atoms with Crippen LogP contribution >= 0.6 is 0 Å². The number of anilines is 1. The predicted octanol–water partition coefficient (Wildman–Crippen LogP) is 4.00. The van der Waals surface area contributed by atoms with Crippen molar-refractivity contribution in [2.45, 2.75) is 26.7 Å². The minimum Gasteiger partial charge on any atom is -0.351 e. The van der Waals surface area contributed by atoms with Crippen LogP contribution in [0, 0.1) is 6.92 Å². The summed E-state index contributed by atoms with van der Waals surface area (Å²) in [5.41, 5.74) is 4.75. The van der Waals surface area contributed by atoms with E-state index < -0.39 is 0 Å². The molecular formula is C25H30N4O2. The number of H-pyrrole nitrogens is 1. The molecule has 1 saturated heterocycles. The average Bonchev–Trinajstić information content (AvgIpc) is 3.19. The minimum absolute atomic E-state index is 0.00778. The molecule has 1 aromatic heterocycles. The van der Waals surface area contributed by atoms with Gasteiger partial charge in [0, 0.05) is 42.8 Å². The van der Waals surface area contributed by atoms with Crippen LogP contribution in [0.2, 0.25) is 0 Å². The highest BCUT2D eigenvalue weighted by molar-refractivity contribution is 5.98. The zero-order chi connectivity index (χ0) is 22.0. The van der Waals surface area contributed by atoms with E-state index in [-0.39, 0.29) is 11.8 Å². The molecule has 1 aliphatic heterocycles. The summed E-state index contributed by atoms with van der Waals surface area (Å²) >= 11 is 0. The normalized spacial score (nSPS) is 14.9. The highest BCUT2D eigenvalue weighted by Crippen LogP contribution is 2.27. The number of nitrogens with one attached hydrogen (secondary N) is 2. The molecule has 0 atom stereocenters. The Bertz CT molecular complexity index is 1060. The van der Waals surface area contributed by atoms with E-state index in [2.05, 4.69) is 35.1 Å². The summed E-state index contributed by atoms with van der Waals surface area (Å²) in [4.78, 5) is 32.8. The molecule has 0 spiro atoms. The van der Waals surface area contributed by atoms with Crippen molar-refractivity contribution < 1.29 is 9.59 Å². The van der Waals surface area contributed by atoms with Gasteiger partial charge in [-0.25, -0.2) is 0 Å². The fourth-order valence-corrected chi connectivity index (χ4v) is 4.19. The van der Waals surface area contributed by atoms with E-state index in [1.165, 1.54) is 0 Å². The molecular weight excluding hydrogens is 388 g/mol. The molecule has 0 bridgehead atoms. The van der Waals surface area contributed by atoms with Crippen molar-refractivity contribution >= 4 is 28.4 Å². The number of carbonyl (C=O) groups is 2. The maximum absolute atomic E-state index is 12.9. The van der Waals surface area contributed by atoms with E-state index in [1.807, 2.05) is 54.3 Å². The van der Waals surface area contributed by atoms with Gasteiger partial charge in [0.1, 0.15) is 5.69 Å². The Kier molecular flexibility index (Phi) is 6.09. The zero-order valence-electron chi connectivity index (χ0n) is 18.4. The second-order valence-electron chi connectivity index (χ2n) is 8.58. The van der Waals surface area contributed by atoms with Crippen LogP contribution in [0.4, 0.5) is 5.69 Å². The van der Waals surface area contributed by atoms with Crippen LogP contribution in [0.3, 0.4) is 0 Å². The van der Waals surface area contributed by atoms with Crippen LogP contribution in [0.25, 0.3) is 10.9 Å². The Morgan fingerprint density at radius 2 is 1.77 bits per heavy atom. The standard InChI is InChI=1S/C25H30N4O2/c1-17(2)20-9-6-7-18(3)24(20)27-23(30)16-28-11-13-29(14-12-28)25(31)22-15-19-8-4-5-10-21(19)26-22/h4-10,15,17,26H,11-14,16H2,1-3H3,(H,27,30). The lowest BCUT2D eigenvalue weighted by Crippen LogP contribution is -2.50. The predicted molar refractivity (Wildman–Crippen MR) is 125 cm³/mol. The molecule has 6 heteroatoms. The number of carbonyl (C=O) groups excluding carboxylic acids is 2. The Labute approximate surface area is 183 Å². The quantitative estimate of drug-likeness (QED) is 0.658. The number of hydrogen-bond donors (Lipinski definition) is 2. The first-order valence-corrected chi connectivity index (χ1v) is 10.9. The van der Waals surface area contributed by atoms with E-state index in [0.29, 0.717) is 44.3 Å². The van der Waals surface area contributed by atoms with Gasteiger partial charge >= 0.3 is 0 Å². The smallest absolute Gasteiger partial charge is 0.270 e. The third kappa shape index (κ3) is 4.64. The summed E-state index contributed by atoms with van der Waals surface area (Å²) < 4.78 is 0. The Hall–Kier alpha value is -3.12. The maximum atomic E-state index is 12.9. The van der Waals surface area contributed by atoms with Gasteiger partial charge in [0.2, 0.25) is 5.91 Å². The van der Waals surface area contributed by atoms with Crippen molar-refractivity contribution in [1.82, 2.24) is 14.8 Å². The lowest BCUT2D eigenvalue weighted by molar-refractivity contribution is -0.117.